The zero-order valence-corrected chi connectivity index (χ0v) is 12.9. The molecule has 1 N–H and O–H groups in total. The Morgan fingerprint density at radius 1 is 1.10 bits per heavy atom. The number of halogens is 1. The minimum atomic E-state index is -0.169. The van der Waals surface area contributed by atoms with E-state index in [1.54, 1.807) is 0 Å². The summed E-state index contributed by atoms with van der Waals surface area (Å²) in [5, 5.41) is 9.53. The smallest absolute Gasteiger partial charge is 0.135 e. The fourth-order valence-electron chi connectivity index (χ4n) is 1.93. The standard InChI is InChI=1S/C18H17ClO2/c1-13-6-8-18(15(10-13)4-3-9-20)21-12-16-7-5-14(2)11-17(16)19/h5-8,10-11,20H,9,12H2,1-2H3. The zero-order chi connectivity index (χ0) is 15.2. The minimum absolute atomic E-state index is 0.169. The second-order valence-electron chi connectivity index (χ2n) is 4.84. The molecule has 0 radical (unpaired) electrons. The molecule has 0 fully saturated rings. The number of aryl methyl sites for hydroxylation is 2. The van der Waals surface area contributed by atoms with Gasteiger partial charge in [-0.3, -0.25) is 0 Å². The van der Waals surface area contributed by atoms with E-state index in [9.17, 15) is 0 Å². The SMILES string of the molecule is Cc1ccc(COc2ccc(C)cc2C#CCO)c(Cl)c1. The Labute approximate surface area is 130 Å². The van der Waals surface area contributed by atoms with Crippen molar-refractivity contribution in [1.82, 2.24) is 0 Å². The predicted molar refractivity (Wildman–Crippen MR) is 85.7 cm³/mol. The van der Waals surface area contributed by atoms with Crippen LogP contribution >= 0.6 is 11.6 Å². The highest BCUT2D eigenvalue weighted by Gasteiger charge is 2.05. The van der Waals surface area contributed by atoms with Crippen molar-refractivity contribution in [3.63, 3.8) is 0 Å². The van der Waals surface area contributed by atoms with Gasteiger partial charge in [0.1, 0.15) is 19.0 Å². The van der Waals surface area contributed by atoms with Gasteiger partial charge in [0.05, 0.1) is 5.56 Å². The van der Waals surface area contributed by atoms with Gasteiger partial charge in [-0.1, -0.05) is 41.6 Å². The van der Waals surface area contributed by atoms with Crippen LogP contribution in [0.4, 0.5) is 0 Å². The molecule has 0 bridgehead atoms. The Kier molecular flexibility index (Phi) is 5.27. The van der Waals surface area contributed by atoms with Crippen LogP contribution in [0.1, 0.15) is 22.3 Å². The van der Waals surface area contributed by atoms with Gasteiger partial charge in [-0.15, -0.1) is 0 Å². The third-order valence-corrected chi connectivity index (χ3v) is 3.38. The summed E-state index contributed by atoms with van der Waals surface area (Å²) < 4.78 is 5.83. The van der Waals surface area contributed by atoms with Crippen LogP contribution in [0, 0.1) is 25.7 Å². The normalized spacial score (nSPS) is 9.90. The largest absolute Gasteiger partial charge is 0.488 e. The highest BCUT2D eigenvalue weighted by atomic mass is 35.5. The number of aliphatic hydroxyl groups is 1. The Morgan fingerprint density at radius 2 is 1.81 bits per heavy atom. The molecule has 0 aliphatic carbocycles. The molecule has 0 aliphatic rings. The lowest BCUT2D eigenvalue weighted by molar-refractivity contribution is 0.305. The molecule has 3 heteroatoms. The average molecular weight is 301 g/mol. The van der Waals surface area contributed by atoms with Crippen molar-refractivity contribution < 1.29 is 9.84 Å². The summed E-state index contributed by atoms with van der Waals surface area (Å²) in [6.07, 6.45) is 0. The highest BCUT2D eigenvalue weighted by molar-refractivity contribution is 6.31. The van der Waals surface area contributed by atoms with E-state index >= 15 is 0 Å². The third-order valence-electron chi connectivity index (χ3n) is 3.03. The molecule has 108 valence electrons. The summed E-state index contributed by atoms with van der Waals surface area (Å²) >= 11 is 6.20. The molecule has 2 nitrogen and oxygen atoms in total. The maximum Gasteiger partial charge on any atom is 0.135 e. The van der Waals surface area contributed by atoms with Crippen LogP contribution in [-0.2, 0) is 6.61 Å². The van der Waals surface area contributed by atoms with Gasteiger partial charge in [-0.25, -0.2) is 0 Å². The van der Waals surface area contributed by atoms with E-state index in [0.717, 1.165) is 22.3 Å². The molecular formula is C18H17ClO2. The topological polar surface area (TPSA) is 29.5 Å². The number of hydrogen-bond acceptors (Lipinski definition) is 2. The van der Waals surface area contributed by atoms with Crippen LogP contribution in [-0.4, -0.2) is 11.7 Å². The molecule has 0 aromatic heterocycles. The van der Waals surface area contributed by atoms with Gasteiger partial charge in [-0.2, -0.15) is 0 Å². The molecule has 0 saturated heterocycles. The summed E-state index contributed by atoms with van der Waals surface area (Å²) in [5.74, 6) is 6.25. The molecule has 0 saturated carbocycles. The van der Waals surface area contributed by atoms with Crippen LogP contribution in [0.2, 0.25) is 5.02 Å². The van der Waals surface area contributed by atoms with Crippen molar-refractivity contribution in [2.45, 2.75) is 20.5 Å². The summed E-state index contributed by atoms with van der Waals surface area (Å²) in [7, 11) is 0. The Balaban J connectivity index is 2.19. The number of hydrogen-bond donors (Lipinski definition) is 1. The van der Waals surface area contributed by atoms with E-state index in [1.165, 1.54) is 0 Å². The second-order valence-corrected chi connectivity index (χ2v) is 5.25. The van der Waals surface area contributed by atoms with E-state index in [1.807, 2.05) is 50.2 Å². The first kappa shape index (κ1) is 15.4. The van der Waals surface area contributed by atoms with Gasteiger partial charge >= 0.3 is 0 Å². The minimum Gasteiger partial charge on any atom is -0.488 e. The van der Waals surface area contributed by atoms with Crippen LogP contribution in [0.15, 0.2) is 36.4 Å². The molecule has 0 atom stereocenters. The molecule has 2 aromatic carbocycles. The van der Waals surface area contributed by atoms with Crippen LogP contribution in [0.3, 0.4) is 0 Å². The van der Waals surface area contributed by atoms with Gasteiger partial charge in [0.15, 0.2) is 0 Å². The maximum atomic E-state index is 8.83. The lowest BCUT2D eigenvalue weighted by Crippen LogP contribution is -1.99. The molecule has 2 aromatic rings. The number of ether oxygens (including phenoxy) is 1. The first-order valence-corrected chi connectivity index (χ1v) is 7.06. The first-order valence-electron chi connectivity index (χ1n) is 6.68. The van der Waals surface area contributed by atoms with E-state index in [-0.39, 0.29) is 6.61 Å². The van der Waals surface area contributed by atoms with Gasteiger partial charge < -0.3 is 9.84 Å². The lowest BCUT2D eigenvalue weighted by Gasteiger charge is -2.10. The molecule has 2 rings (SSSR count). The highest BCUT2D eigenvalue weighted by Crippen LogP contribution is 2.23. The number of aliphatic hydroxyl groups excluding tert-OH is 1. The summed E-state index contributed by atoms with van der Waals surface area (Å²) in [6.45, 7) is 4.21. The maximum absolute atomic E-state index is 8.83. The van der Waals surface area contributed by atoms with Gasteiger partial charge in [0, 0.05) is 10.6 Å². The van der Waals surface area contributed by atoms with E-state index < -0.39 is 0 Å². The summed E-state index contributed by atoms with van der Waals surface area (Å²) in [4.78, 5) is 0. The van der Waals surface area contributed by atoms with Crippen molar-refractivity contribution in [2.24, 2.45) is 0 Å². The molecule has 0 aliphatic heterocycles. The summed E-state index contributed by atoms with van der Waals surface area (Å²) in [6, 6.07) is 11.7. The van der Waals surface area contributed by atoms with Crippen LogP contribution < -0.4 is 4.74 Å². The van der Waals surface area contributed by atoms with Crippen molar-refractivity contribution in [2.75, 3.05) is 6.61 Å². The monoisotopic (exact) mass is 300 g/mol. The predicted octanol–water partition coefficient (Wildman–Crippen LogP) is 3.88. The van der Waals surface area contributed by atoms with Crippen molar-refractivity contribution >= 4 is 11.6 Å². The van der Waals surface area contributed by atoms with Crippen LogP contribution in [0.25, 0.3) is 0 Å². The van der Waals surface area contributed by atoms with Crippen molar-refractivity contribution in [3.8, 4) is 17.6 Å². The molecule has 0 spiro atoms. The lowest BCUT2D eigenvalue weighted by atomic mass is 10.1. The number of benzene rings is 2. The van der Waals surface area contributed by atoms with E-state index in [0.29, 0.717) is 17.4 Å². The van der Waals surface area contributed by atoms with Gasteiger partial charge in [0.2, 0.25) is 0 Å². The summed E-state index contributed by atoms with van der Waals surface area (Å²) in [5.41, 5.74) is 3.92. The fourth-order valence-corrected chi connectivity index (χ4v) is 2.22. The van der Waals surface area contributed by atoms with Gasteiger partial charge in [0.25, 0.3) is 0 Å². The fraction of sp³-hybridized carbons (Fsp3) is 0.222. The zero-order valence-electron chi connectivity index (χ0n) is 12.1. The van der Waals surface area contributed by atoms with Gasteiger partial charge in [-0.05, 0) is 43.2 Å². The Morgan fingerprint density at radius 3 is 2.52 bits per heavy atom. The van der Waals surface area contributed by atoms with Crippen LogP contribution in [0.5, 0.6) is 5.75 Å². The van der Waals surface area contributed by atoms with Crippen molar-refractivity contribution in [1.29, 1.82) is 0 Å². The first-order chi connectivity index (χ1) is 10.1. The average Bonchev–Trinajstić information content (AvgIpc) is 2.45. The number of rotatable bonds is 3. The second kappa shape index (κ2) is 7.17. The Hall–Kier alpha value is -1.95. The van der Waals surface area contributed by atoms with E-state index in [4.69, 9.17) is 21.4 Å². The molecule has 0 amide bonds. The molecule has 21 heavy (non-hydrogen) atoms. The van der Waals surface area contributed by atoms with E-state index in [2.05, 4.69) is 11.8 Å². The molecule has 0 heterocycles. The third kappa shape index (κ3) is 4.26. The quantitative estimate of drug-likeness (QED) is 0.872. The van der Waals surface area contributed by atoms with Crippen molar-refractivity contribution in [3.05, 3.63) is 63.7 Å². The molecule has 0 unspecified atom stereocenters. The Bertz CT molecular complexity index is 696. The molecular weight excluding hydrogens is 284 g/mol.